The van der Waals surface area contributed by atoms with Crippen molar-refractivity contribution in [1.29, 1.82) is 0 Å². The van der Waals surface area contributed by atoms with Gasteiger partial charge in [-0.3, -0.25) is 0 Å². The molecule has 3 heterocycles. The van der Waals surface area contributed by atoms with Crippen molar-refractivity contribution >= 4 is 34.4 Å². The Balaban J connectivity index is 1.57. The lowest BCUT2D eigenvalue weighted by Gasteiger charge is -2.13. The Bertz CT molecular complexity index is 934. The van der Waals surface area contributed by atoms with Crippen LogP contribution in [0.3, 0.4) is 0 Å². The maximum atomic E-state index is 11.1. The fraction of sp³-hybridized carbons (Fsp3) is 0.250. The Labute approximate surface area is 152 Å². The van der Waals surface area contributed by atoms with E-state index >= 15 is 0 Å². The van der Waals surface area contributed by atoms with Crippen LogP contribution in [0.4, 0.5) is 10.6 Å². The Morgan fingerprint density at radius 1 is 1.38 bits per heavy atom. The van der Waals surface area contributed by atoms with Gasteiger partial charge in [0, 0.05) is 5.39 Å². The number of carbonyl (C=O) groups excluding carboxylic acids is 1. The minimum atomic E-state index is -0.445. The van der Waals surface area contributed by atoms with Crippen LogP contribution in [0.25, 0.3) is 10.9 Å². The van der Waals surface area contributed by atoms with E-state index in [1.165, 1.54) is 6.26 Å². The van der Waals surface area contributed by atoms with Gasteiger partial charge in [0.25, 0.3) is 0 Å². The van der Waals surface area contributed by atoms with Gasteiger partial charge in [-0.25, -0.2) is 19.7 Å². The third-order valence-corrected chi connectivity index (χ3v) is 3.89. The topological polar surface area (TPSA) is 111 Å². The molecule has 1 amide bonds. The Hall–Kier alpha value is -3.07. The molecule has 10 heteroatoms. The molecule has 0 saturated carbocycles. The summed E-state index contributed by atoms with van der Waals surface area (Å²) in [6.45, 7) is 0.963. The van der Waals surface area contributed by atoms with Crippen molar-refractivity contribution in [2.45, 2.75) is 12.6 Å². The molecule has 134 valence electrons. The van der Waals surface area contributed by atoms with Crippen molar-refractivity contribution in [2.75, 3.05) is 18.5 Å². The molecule has 0 radical (unpaired) electrons. The van der Waals surface area contributed by atoms with Crippen molar-refractivity contribution < 1.29 is 18.7 Å². The molecule has 1 aromatic carbocycles. The van der Waals surface area contributed by atoms with Gasteiger partial charge in [0.1, 0.15) is 30.0 Å². The van der Waals surface area contributed by atoms with Gasteiger partial charge in [-0.05, 0) is 23.7 Å². The lowest BCUT2D eigenvalue weighted by atomic mass is 10.2. The second-order valence-electron chi connectivity index (χ2n) is 5.49. The fourth-order valence-electron chi connectivity index (χ4n) is 2.56. The molecular weight excluding hydrogens is 362 g/mol. The summed E-state index contributed by atoms with van der Waals surface area (Å²) in [6.07, 6.45) is 2.27. The molecule has 1 atom stereocenters. The van der Waals surface area contributed by atoms with Crippen LogP contribution in [0.15, 0.2) is 35.1 Å². The van der Waals surface area contributed by atoms with Crippen molar-refractivity contribution in [1.82, 2.24) is 20.3 Å². The first-order valence-electron chi connectivity index (χ1n) is 7.85. The normalized spacial score (nSPS) is 16.3. The molecule has 0 aliphatic carbocycles. The highest BCUT2D eigenvalue weighted by Gasteiger charge is 2.23. The standard InChI is InChI=1S/C16H14ClN5O4/c17-15-21-13-10(14(22-15)19-7-12-18-4-5-24-12)2-1-3-11(13)25-8-9-6-20-16(23)26-9/h1-5,9H,6-8H2,(H,20,23)(H,19,21,22). The molecule has 0 bridgehead atoms. The molecule has 1 unspecified atom stereocenters. The number of hydrogen-bond acceptors (Lipinski definition) is 8. The monoisotopic (exact) mass is 375 g/mol. The number of carbonyl (C=O) groups is 1. The summed E-state index contributed by atoms with van der Waals surface area (Å²) in [5.74, 6) is 1.59. The summed E-state index contributed by atoms with van der Waals surface area (Å²) in [4.78, 5) is 23.6. The van der Waals surface area contributed by atoms with E-state index < -0.39 is 6.09 Å². The van der Waals surface area contributed by atoms with E-state index in [0.29, 0.717) is 36.1 Å². The number of anilines is 1. The zero-order valence-corrected chi connectivity index (χ0v) is 14.2. The summed E-state index contributed by atoms with van der Waals surface area (Å²) >= 11 is 6.07. The molecule has 1 aliphatic heterocycles. The minimum Gasteiger partial charge on any atom is -0.487 e. The number of alkyl carbamates (subject to hydrolysis) is 1. The van der Waals surface area contributed by atoms with E-state index in [-0.39, 0.29) is 18.0 Å². The third-order valence-electron chi connectivity index (χ3n) is 3.73. The molecule has 0 spiro atoms. The predicted molar refractivity (Wildman–Crippen MR) is 92.1 cm³/mol. The highest BCUT2D eigenvalue weighted by molar-refractivity contribution is 6.29. The number of rotatable bonds is 6. The van der Waals surface area contributed by atoms with Crippen LogP contribution in [-0.4, -0.2) is 40.3 Å². The first-order valence-corrected chi connectivity index (χ1v) is 8.22. The second kappa shape index (κ2) is 7.04. The lowest BCUT2D eigenvalue weighted by Crippen LogP contribution is -2.22. The number of benzene rings is 1. The van der Waals surface area contributed by atoms with Gasteiger partial charge in [-0.1, -0.05) is 6.07 Å². The minimum absolute atomic E-state index is 0.0809. The smallest absolute Gasteiger partial charge is 0.407 e. The van der Waals surface area contributed by atoms with Crippen molar-refractivity contribution in [3.63, 3.8) is 0 Å². The third kappa shape index (κ3) is 3.47. The first-order chi connectivity index (χ1) is 12.7. The zero-order valence-electron chi connectivity index (χ0n) is 13.4. The average molecular weight is 376 g/mol. The van der Waals surface area contributed by atoms with E-state index in [9.17, 15) is 4.79 Å². The van der Waals surface area contributed by atoms with Gasteiger partial charge >= 0.3 is 6.09 Å². The maximum Gasteiger partial charge on any atom is 0.407 e. The number of hydrogen-bond donors (Lipinski definition) is 2. The Morgan fingerprint density at radius 3 is 3.08 bits per heavy atom. The molecule has 26 heavy (non-hydrogen) atoms. The quantitative estimate of drug-likeness (QED) is 0.631. The largest absolute Gasteiger partial charge is 0.487 e. The van der Waals surface area contributed by atoms with Gasteiger partial charge < -0.3 is 24.5 Å². The number of oxazole rings is 1. The number of ether oxygens (including phenoxy) is 2. The van der Waals surface area contributed by atoms with Gasteiger partial charge in [-0.15, -0.1) is 0 Å². The molecule has 3 aromatic rings. The Kier molecular flexibility index (Phi) is 4.44. The maximum absolute atomic E-state index is 11.1. The number of aromatic nitrogens is 3. The molecular formula is C16H14ClN5O4. The average Bonchev–Trinajstić information content (AvgIpc) is 3.29. The number of para-hydroxylation sites is 1. The summed E-state index contributed by atoms with van der Waals surface area (Å²) in [6, 6.07) is 5.45. The highest BCUT2D eigenvalue weighted by atomic mass is 35.5. The van der Waals surface area contributed by atoms with Crippen LogP contribution in [0.2, 0.25) is 5.28 Å². The van der Waals surface area contributed by atoms with Gasteiger partial charge in [0.05, 0.1) is 19.3 Å². The first kappa shape index (κ1) is 16.4. The van der Waals surface area contributed by atoms with Crippen molar-refractivity contribution in [3.05, 3.63) is 41.8 Å². The molecule has 4 rings (SSSR count). The number of nitrogens with one attached hydrogen (secondary N) is 2. The summed E-state index contributed by atoms with van der Waals surface area (Å²) < 4.78 is 16.0. The van der Waals surface area contributed by atoms with Gasteiger partial charge in [0.2, 0.25) is 11.2 Å². The molecule has 2 N–H and O–H groups in total. The predicted octanol–water partition coefficient (Wildman–Crippen LogP) is 2.37. The van der Waals surface area contributed by atoms with Crippen LogP contribution in [0.1, 0.15) is 5.89 Å². The van der Waals surface area contributed by atoms with Crippen LogP contribution in [0.5, 0.6) is 5.75 Å². The fourth-order valence-corrected chi connectivity index (χ4v) is 2.73. The molecule has 1 saturated heterocycles. The number of cyclic esters (lactones) is 1. The number of halogens is 1. The van der Waals surface area contributed by atoms with E-state index in [0.717, 1.165) is 5.39 Å². The van der Waals surface area contributed by atoms with Gasteiger partial charge in [-0.2, -0.15) is 0 Å². The van der Waals surface area contributed by atoms with Crippen LogP contribution >= 0.6 is 11.6 Å². The molecule has 9 nitrogen and oxygen atoms in total. The van der Waals surface area contributed by atoms with Gasteiger partial charge in [0.15, 0.2) is 6.10 Å². The summed E-state index contributed by atoms with van der Waals surface area (Å²) in [5, 5.41) is 6.53. The molecule has 1 fully saturated rings. The highest BCUT2D eigenvalue weighted by Crippen LogP contribution is 2.30. The van der Waals surface area contributed by atoms with Crippen LogP contribution in [-0.2, 0) is 11.3 Å². The zero-order chi connectivity index (χ0) is 17.9. The van der Waals surface area contributed by atoms with E-state index in [1.807, 2.05) is 12.1 Å². The van der Waals surface area contributed by atoms with E-state index in [2.05, 4.69) is 25.6 Å². The van der Waals surface area contributed by atoms with E-state index in [1.54, 1.807) is 12.3 Å². The van der Waals surface area contributed by atoms with Crippen LogP contribution < -0.4 is 15.4 Å². The lowest BCUT2D eigenvalue weighted by molar-refractivity contribution is 0.105. The Morgan fingerprint density at radius 2 is 2.31 bits per heavy atom. The van der Waals surface area contributed by atoms with E-state index in [4.69, 9.17) is 25.5 Å². The second-order valence-corrected chi connectivity index (χ2v) is 5.83. The summed E-state index contributed by atoms with van der Waals surface area (Å²) in [7, 11) is 0. The summed E-state index contributed by atoms with van der Waals surface area (Å²) in [5.41, 5.74) is 0.555. The SMILES string of the molecule is O=C1NCC(COc2cccc3c(NCc4ncco4)nc(Cl)nc23)O1. The van der Waals surface area contributed by atoms with Crippen LogP contribution in [0, 0.1) is 0 Å². The molecule has 1 aliphatic rings. The number of nitrogens with zero attached hydrogens (tertiary/aromatic N) is 3. The van der Waals surface area contributed by atoms with Crippen molar-refractivity contribution in [3.8, 4) is 5.75 Å². The number of fused-ring (bicyclic) bond motifs is 1. The van der Waals surface area contributed by atoms with Crippen molar-refractivity contribution in [2.24, 2.45) is 0 Å². The molecule has 2 aromatic heterocycles. The number of amides is 1.